The number of hydrogen-bond donors (Lipinski definition) is 1. The van der Waals surface area contributed by atoms with Gasteiger partial charge in [-0.05, 0) is 26.3 Å². The van der Waals surface area contributed by atoms with Crippen LogP contribution in [0.3, 0.4) is 0 Å². The molecule has 0 aliphatic carbocycles. The van der Waals surface area contributed by atoms with E-state index in [1.165, 1.54) is 0 Å². The Bertz CT molecular complexity index is 115. The summed E-state index contributed by atoms with van der Waals surface area (Å²) in [5.74, 6) is 0.364. The first-order valence-electron chi connectivity index (χ1n) is 4.05. The summed E-state index contributed by atoms with van der Waals surface area (Å²) >= 11 is 2.16. The Morgan fingerprint density at radius 1 is 1.45 bits per heavy atom. The van der Waals surface area contributed by atoms with Crippen LogP contribution < -0.4 is 5.73 Å². The van der Waals surface area contributed by atoms with E-state index in [0.717, 1.165) is 32.2 Å². The van der Waals surface area contributed by atoms with Crippen LogP contribution in [0.15, 0.2) is 0 Å². The molecule has 0 aliphatic rings. The maximum Gasteiger partial charge on any atom is 0.145 e. The highest BCUT2D eigenvalue weighted by molar-refractivity contribution is 14.1. The number of Topliss-reactive ketones (excluding diaryl/α,β-unsaturated/α-hetero) is 1. The van der Waals surface area contributed by atoms with Crippen LogP contribution in [0.1, 0.15) is 32.6 Å². The van der Waals surface area contributed by atoms with Crippen molar-refractivity contribution in [3.63, 3.8) is 0 Å². The van der Waals surface area contributed by atoms with Gasteiger partial charge in [-0.1, -0.05) is 29.0 Å². The number of nitrogens with two attached hydrogens (primary N) is 1. The molecule has 3 heteroatoms. The van der Waals surface area contributed by atoms with Crippen molar-refractivity contribution in [2.75, 3.05) is 6.54 Å². The summed E-state index contributed by atoms with van der Waals surface area (Å²) in [5, 5.41) is 0. The smallest absolute Gasteiger partial charge is 0.145 e. The lowest BCUT2D eigenvalue weighted by Gasteiger charge is -2.01. The summed E-state index contributed by atoms with van der Waals surface area (Å²) in [4.78, 5) is 11.1. The minimum absolute atomic E-state index is 0.172. The molecular formula is C8H16INO. The third-order valence-electron chi connectivity index (χ3n) is 1.57. The van der Waals surface area contributed by atoms with Crippen molar-refractivity contribution in [3.05, 3.63) is 0 Å². The predicted molar refractivity (Wildman–Crippen MR) is 56.0 cm³/mol. The number of carbonyl (C=O) groups excluding carboxylic acids is 1. The fourth-order valence-corrected chi connectivity index (χ4v) is 1.13. The zero-order chi connectivity index (χ0) is 8.69. The van der Waals surface area contributed by atoms with Gasteiger partial charge in [0.05, 0.1) is 3.92 Å². The van der Waals surface area contributed by atoms with Crippen molar-refractivity contribution in [1.82, 2.24) is 0 Å². The maximum absolute atomic E-state index is 11.1. The molecule has 0 spiro atoms. The quantitative estimate of drug-likeness (QED) is 0.454. The zero-order valence-corrected chi connectivity index (χ0v) is 9.13. The van der Waals surface area contributed by atoms with Gasteiger partial charge in [-0.2, -0.15) is 0 Å². The lowest BCUT2D eigenvalue weighted by Crippen LogP contribution is -2.09. The van der Waals surface area contributed by atoms with Gasteiger partial charge < -0.3 is 5.73 Å². The van der Waals surface area contributed by atoms with Crippen LogP contribution in [0.5, 0.6) is 0 Å². The average molecular weight is 269 g/mol. The van der Waals surface area contributed by atoms with E-state index in [0.29, 0.717) is 5.78 Å². The second kappa shape index (κ2) is 7.03. The standard InChI is InChI=1S/C8H16INO/c1-7(9)8(11)5-3-2-4-6-10/h7H,2-6,10H2,1H3/t7-/m0/s1. The lowest BCUT2D eigenvalue weighted by atomic mass is 10.1. The summed E-state index contributed by atoms with van der Waals surface area (Å²) in [6.07, 6.45) is 3.86. The van der Waals surface area contributed by atoms with Crippen molar-refractivity contribution in [3.8, 4) is 0 Å². The van der Waals surface area contributed by atoms with Crippen molar-refractivity contribution in [1.29, 1.82) is 0 Å². The fourth-order valence-electron chi connectivity index (χ4n) is 0.819. The Balaban J connectivity index is 3.18. The van der Waals surface area contributed by atoms with Crippen molar-refractivity contribution < 1.29 is 4.79 Å². The van der Waals surface area contributed by atoms with E-state index >= 15 is 0 Å². The SMILES string of the molecule is C[C@H](I)C(=O)CCCCCN. The minimum atomic E-state index is 0.172. The van der Waals surface area contributed by atoms with E-state index < -0.39 is 0 Å². The number of carbonyl (C=O) groups is 1. The van der Waals surface area contributed by atoms with Gasteiger partial charge in [-0.3, -0.25) is 4.79 Å². The molecule has 1 atom stereocenters. The van der Waals surface area contributed by atoms with Crippen LogP contribution in [-0.4, -0.2) is 16.3 Å². The molecule has 0 saturated heterocycles. The molecule has 0 unspecified atom stereocenters. The molecule has 66 valence electrons. The molecule has 0 amide bonds. The van der Waals surface area contributed by atoms with Gasteiger partial charge >= 0.3 is 0 Å². The Hall–Kier alpha value is 0.360. The Labute approximate surface area is 82.1 Å². The number of hydrogen-bond acceptors (Lipinski definition) is 2. The summed E-state index contributed by atoms with van der Waals surface area (Å²) in [6, 6.07) is 0. The minimum Gasteiger partial charge on any atom is -0.330 e. The molecule has 0 aliphatic heterocycles. The fraction of sp³-hybridized carbons (Fsp3) is 0.875. The van der Waals surface area contributed by atoms with Crippen molar-refractivity contribution in [2.24, 2.45) is 5.73 Å². The summed E-state index contributed by atoms with van der Waals surface area (Å²) < 4.78 is 0.172. The molecule has 0 fully saturated rings. The molecular weight excluding hydrogens is 253 g/mol. The van der Waals surface area contributed by atoms with E-state index in [1.54, 1.807) is 0 Å². The molecule has 2 N–H and O–H groups in total. The van der Waals surface area contributed by atoms with Crippen LogP contribution >= 0.6 is 22.6 Å². The summed E-state index contributed by atoms with van der Waals surface area (Å²) in [5.41, 5.74) is 5.32. The molecule has 11 heavy (non-hydrogen) atoms. The van der Waals surface area contributed by atoms with Gasteiger partial charge in [0.1, 0.15) is 5.78 Å². The molecule has 0 saturated carbocycles. The number of unbranched alkanes of at least 4 members (excludes halogenated alkanes) is 2. The van der Waals surface area contributed by atoms with Gasteiger partial charge in [0, 0.05) is 6.42 Å². The predicted octanol–water partition coefficient (Wildman–Crippen LogP) is 1.90. The van der Waals surface area contributed by atoms with E-state index in [4.69, 9.17) is 5.73 Å². The first-order valence-corrected chi connectivity index (χ1v) is 5.30. The largest absolute Gasteiger partial charge is 0.330 e. The van der Waals surface area contributed by atoms with E-state index in [2.05, 4.69) is 22.6 Å². The third-order valence-corrected chi connectivity index (χ3v) is 2.27. The first kappa shape index (κ1) is 11.4. The first-order chi connectivity index (χ1) is 5.18. The van der Waals surface area contributed by atoms with Crippen LogP contribution in [0, 0.1) is 0 Å². The number of alkyl halides is 1. The van der Waals surface area contributed by atoms with Gasteiger partial charge in [0.15, 0.2) is 0 Å². The number of ketones is 1. The molecule has 0 bridgehead atoms. The van der Waals surface area contributed by atoms with Gasteiger partial charge in [-0.25, -0.2) is 0 Å². The molecule has 0 aromatic heterocycles. The highest BCUT2D eigenvalue weighted by atomic mass is 127. The molecule has 0 radical (unpaired) electrons. The Kier molecular flexibility index (Phi) is 7.26. The Morgan fingerprint density at radius 2 is 2.09 bits per heavy atom. The highest BCUT2D eigenvalue weighted by Gasteiger charge is 2.06. The molecule has 0 heterocycles. The van der Waals surface area contributed by atoms with Crippen LogP contribution in [0.25, 0.3) is 0 Å². The molecule has 2 nitrogen and oxygen atoms in total. The topological polar surface area (TPSA) is 43.1 Å². The van der Waals surface area contributed by atoms with Gasteiger partial charge in [-0.15, -0.1) is 0 Å². The van der Waals surface area contributed by atoms with E-state index in [9.17, 15) is 4.79 Å². The van der Waals surface area contributed by atoms with Crippen molar-refractivity contribution in [2.45, 2.75) is 36.5 Å². The van der Waals surface area contributed by atoms with Crippen molar-refractivity contribution >= 4 is 28.4 Å². The average Bonchev–Trinajstić information content (AvgIpc) is 1.97. The Morgan fingerprint density at radius 3 is 2.55 bits per heavy atom. The number of rotatable bonds is 6. The second-order valence-electron chi connectivity index (χ2n) is 2.68. The molecule has 0 aromatic carbocycles. The van der Waals surface area contributed by atoms with Crippen LogP contribution in [0.4, 0.5) is 0 Å². The van der Waals surface area contributed by atoms with Crippen LogP contribution in [0.2, 0.25) is 0 Å². The third kappa shape index (κ3) is 6.75. The van der Waals surface area contributed by atoms with Gasteiger partial charge in [0.25, 0.3) is 0 Å². The monoisotopic (exact) mass is 269 g/mol. The summed E-state index contributed by atoms with van der Waals surface area (Å²) in [6.45, 7) is 2.68. The maximum atomic E-state index is 11.1. The zero-order valence-electron chi connectivity index (χ0n) is 6.98. The second-order valence-corrected chi connectivity index (χ2v) is 4.55. The van der Waals surface area contributed by atoms with E-state index in [-0.39, 0.29) is 3.92 Å². The number of halogens is 1. The lowest BCUT2D eigenvalue weighted by molar-refractivity contribution is -0.118. The van der Waals surface area contributed by atoms with Crippen LogP contribution in [-0.2, 0) is 4.79 Å². The highest BCUT2D eigenvalue weighted by Crippen LogP contribution is 2.07. The molecule has 0 aromatic rings. The normalized spacial score (nSPS) is 13.0. The molecule has 0 rings (SSSR count). The van der Waals surface area contributed by atoms with Gasteiger partial charge in [0.2, 0.25) is 0 Å². The summed E-state index contributed by atoms with van der Waals surface area (Å²) in [7, 11) is 0. The van der Waals surface area contributed by atoms with E-state index in [1.807, 2.05) is 6.92 Å².